The molecule has 4 heteroatoms. The van der Waals surface area contributed by atoms with Gasteiger partial charge in [-0.1, -0.05) is 61.9 Å². The van der Waals surface area contributed by atoms with E-state index in [0.717, 1.165) is 37.2 Å². The van der Waals surface area contributed by atoms with Crippen LogP contribution in [0.4, 0.5) is 0 Å². The van der Waals surface area contributed by atoms with Crippen LogP contribution in [-0.4, -0.2) is 59.6 Å². The molecule has 156 valence electrons. The lowest BCUT2D eigenvalue weighted by molar-refractivity contribution is 0.0384. The Kier molecular flexibility index (Phi) is 7.45. The van der Waals surface area contributed by atoms with E-state index >= 15 is 0 Å². The SMILES string of the molecule is Cc1ccc(Cc2ccccc2C(=O)N2CCN(CC(C)C)C(CCO)C2)cc1. The molecule has 2 aromatic carbocycles. The lowest BCUT2D eigenvalue weighted by atomic mass is 9.97. The number of amides is 1. The van der Waals surface area contributed by atoms with Crippen LogP contribution in [0.3, 0.4) is 0 Å². The first-order valence-corrected chi connectivity index (χ1v) is 10.8. The van der Waals surface area contributed by atoms with Gasteiger partial charge in [-0.3, -0.25) is 9.69 Å². The van der Waals surface area contributed by atoms with Crippen LogP contribution in [0.15, 0.2) is 48.5 Å². The van der Waals surface area contributed by atoms with Crippen molar-refractivity contribution in [1.29, 1.82) is 0 Å². The van der Waals surface area contributed by atoms with E-state index in [9.17, 15) is 9.90 Å². The van der Waals surface area contributed by atoms with E-state index in [-0.39, 0.29) is 18.6 Å². The van der Waals surface area contributed by atoms with Crippen LogP contribution < -0.4 is 0 Å². The van der Waals surface area contributed by atoms with Gasteiger partial charge in [-0.2, -0.15) is 0 Å². The van der Waals surface area contributed by atoms with Crippen molar-refractivity contribution in [3.8, 4) is 0 Å². The number of rotatable bonds is 7. The summed E-state index contributed by atoms with van der Waals surface area (Å²) in [7, 11) is 0. The molecule has 29 heavy (non-hydrogen) atoms. The topological polar surface area (TPSA) is 43.8 Å². The summed E-state index contributed by atoms with van der Waals surface area (Å²) in [5.74, 6) is 0.688. The van der Waals surface area contributed by atoms with Gasteiger partial charge >= 0.3 is 0 Å². The minimum Gasteiger partial charge on any atom is -0.396 e. The van der Waals surface area contributed by atoms with Crippen molar-refractivity contribution in [3.63, 3.8) is 0 Å². The Hall–Kier alpha value is -2.17. The first-order chi connectivity index (χ1) is 14.0. The number of carbonyl (C=O) groups is 1. The number of piperazine rings is 1. The van der Waals surface area contributed by atoms with Gasteiger partial charge < -0.3 is 10.0 Å². The molecule has 0 aromatic heterocycles. The highest BCUT2D eigenvalue weighted by molar-refractivity contribution is 5.96. The zero-order valence-electron chi connectivity index (χ0n) is 18.0. The molecule has 0 bridgehead atoms. The van der Waals surface area contributed by atoms with Gasteiger partial charge in [0.05, 0.1) is 0 Å². The number of hydrogen-bond donors (Lipinski definition) is 1. The fourth-order valence-electron chi connectivity index (χ4n) is 4.19. The third-order valence-corrected chi connectivity index (χ3v) is 5.72. The molecule has 1 aliphatic heterocycles. The molecule has 1 aliphatic rings. The number of hydrogen-bond acceptors (Lipinski definition) is 3. The zero-order valence-corrected chi connectivity index (χ0v) is 18.0. The maximum Gasteiger partial charge on any atom is 0.254 e. The first-order valence-electron chi connectivity index (χ1n) is 10.8. The smallest absolute Gasteiger partial charge is 0.254 e. The molecule has 1 fully saturated rings. The highest BCUT2D eigenvalue weighted by Crippen LogP contribution is 2.21. The van der Waals surface area contributed by atoms with Gasteiger partial charge in [-0.05, 0) is 42.9 Å². The molecular formula is C25H34N2O2. The fourth-order valence-corrected chi connectivity index (χ4v) is 4.19. The predicted octanol–water partition coefficient (Wildman–Crippen LogP) is 3.75. The largest absolute Gasteiger partial charge is 0.396 e. The number of aryl methyl sites for hydroxylation is 1. The van der Waals surface area contributed by atoms with Crippen LogP contribution in [0, 0.1) is 12.8 Å². The second-order valence-electron chi connectivity index (χ2n) is 8.63. The van der Waals surface area contributed by atoms with Gasteiger partial charge in [0.1, 0.15) is 0 Å². The molecular weight excluding hydrogens is 360 g/mol. The summed E-state index contributed by atoms with van der Waals surface area (Å²) in [5.41, 5.74) is 4.33. The van der Waals surface area contributed by atoms with Crippen LogP contribution in [-0.2, 0) is 6.42 Å². The standard InChI is InChI=1S/C25H34N2O2/c1-19(2)17-26-13-14-27(18-23(26)12-15-28)25(29)24-7-5-4-6-22(24)16-21-10-8-20(3)9-11-21/h4-11,19,23,28H,12-18H2,1-3H3. The molecule has 1 amide bonds. The van der Waals surface area contributed by atoms with Crippen molar-refractivity contribution in [3.05, 3.63) is 70.8 Å². The fraction of sp³-hybridized carbons (Fsp3) is 0.480. The molecule has 2 aromatic rings. The van der Waals surface area contributed by atoms with Crippen molar-refractivity contribution < 1.29 is 9.90 Å². The Morgan fingerprint density at radius 1 is 1.10 bits per heavy atom. The summed E-state index contributed by atoms with van der Waals surface area (Å²) < 4.78 is 0. The molecule has 1 atom stereocenters. The number of nitrogens with zero attached hydrogens (tertiary/aromatic N) is 2. The number of benzene rings is 2. The van der Waals surface area contributed by atoms with Crippen molar-refractivity contribution in [2.75, 3.05) is 32.8 Å². The summed E-state index contributed by atoms with van der Waals surface area (Å²) in [4.78, 5) is 17.8. The van der Waals surface area contributed by atoms with Crippen molar-refractivity contribution in [1.82, 2.24) is 9.80 Å². The van der Waals surface area contributed by atoms with E-state index in [1.807, 2.05) is 23.1 Å². The third-order valence-electron chi connectivity index (χ3n) is 5.72. The van der Waals surface area contributed by atoms with Crippen LogP contribution in [0.2, 0.25) is 0 Å². The van der Waals surface area contributed by atoms with E-state index in [2.05, 4.69) is 56.0 Å². The van der Waals surface area contributed by atoms with E-state index in [1.54, 1.807) is 0 Å². The Morgan fingerprint density at radius 2 is 1.83 bits per heavy atom. The second kappa shape index (κ2) is 10.0. The maximum absolute atomic E-state index is 13.4. The van der Waals surface area contributed by atoms with E-state index < -0.39 is 0 Å². The van der Waals surface area contributed by atoms with Gasteiger partial charge in [0.2, 0.25) is 0 Å². The Morgan fingerprint density at radius 3 is 2.52 bits per heavy atom. The van der Waals surface area contributed by atoms with Crippen LogP contribution in [0.25, 0.3) is 0 Å². The molecule has 1 saturated heterocycles. The molecule has 3 rings (SSSR count). The van der Waals surface area contributed by atoms with Gasteiger partial charge in [0.25, 0.3) is 5.91 Å². The zero-order chi connectivity index (χ0) is 20.8. The Balaban J connectivity index is 1.75. The lowest BCUT2D eigenvalue weighted by Crippen LogP contribution is -2.55. The van der Waals surface area contributed by atoms with Crippen LogP contribution in [0.5, 0.6) is 0 Å². The first kappa shape index (κ1) is 21.5. The molecule has 0 radical (unpaired) electrons. The normalized spacial score (nSPS) is 17.7. The van der Waals surface area contributed by atoms with Crippen molar-refractivity contribution in [2.24, 2.45) is 5.92 Å². The van der Waals surface area contributed by atoms with Crippen molar-refractivity contribution in [2.45, 2.75) is 39.7 Å². The minimum atomic E-state index is 0.111. The average Bonchev–Trinajstić information content (AvgIpc) is 2.71. The van der Waals surface area contributed by atoms with Gasteiger partial charge in [-0.15, -0.1) is 0 Å². The molecule has 0 aliphatic carbocycles. The predicted molar refractivity (Wildman–Crippen MR) is 118 cm³/mol. The quantitative estimate of drug-likeness (QED) is 0.778. The average molecular weight is 395 g/mol. The van der Waals surface area contributed by atoms with Gasteiger partial charge in [0.15, 0.2) is 0 Å². The number of aliphatic hydroxyl groups is 1. The highest BCUT2D eigenvalue weighted by atomic mass is 16.3. The highest BCUT2D eigenvalue weighted by Gasteiger charge is 2.30. The van der Waals surface area contributed by atoms with Crippen molar-refractivity contribution >= 4 is 5.91 Å². The van der Waals surface area contributed by atoms with Gasteiger partial charge in [-0.25, -0.2) is 0 Å². The van der Waals surface area contributed by atoms with Gasteiger partial charge in [0, 0.05) is 44.4 Å². The van der Waals surface area contributed by atoms with E-state index in [1.165, 1.54) is 11.1 Å². The monoisotopic (exact) mass is 394 g/mol. The molecule has 1 unspecified atom stereocenters. The molecule has 1 N–H and O–H groups in total. The summed E-state index contributed by atoms with van der Waals surface area (Å²) in [5, 5.41) is 9.51. The van der Waals surface area contributed by atoms with Crippen LogP contribution >= 0.6 is 0 Å². The Labute approximate surface area is 175 Å². The minimum absolute atomic E-state index is 0.111. The third kappa shape index (κ3) is 5.68. The molecule has 0 saturated carbocycles. The summed E-state index contributed by atoms with van der Waals surface area (Å²) >= 11 is 0. The molecule has 4 nitrogen and oxygen atoms in total. The summed E-state index contributed by atoms with van der Waals surface area (Å²) in [6.07, 6.45) is 1.47. The summed E-state index contributed by atoms with van der Waals surface area (Å²) in [6, 6.07) is 16.7. The molecule has 0 spiro atoms. The van der Waals surface area contributed by atoms with Crippen LogP contribution in [0.1, 0.15) is 47.3 Å². The lowest BCUT2D eigenvalue weighted by Gasteiger charge is -2.42. The summed E-state index contributed by atoms with van der Waals surface area (Å²) in [6.45, 7) is 9.99. The number of aliphatic hydroxyl groups excluding tert-OH is 1. The maximum atomic E-state index is 13.4. The van der Waals surface area contributed by atoms with E-state index in [4.69, 9.17) is 0 Å². The second-order valence-corrected chi connectivity index (χ2v) is 8.63. The van der Waals surface area contributed by atoms with E-state index in [0.29, 0.717) is 18.9 Å². The number of carbonyl (C=O) groups excluding carboxylic acids is 1. The molecule has 1 heterocycles. The Bertz CT molecular complexity index is 801.